The number of para-hydroxylation sites is 1. The van der Waals surface area contributed by atoms with Crippen molar-refractivity contribution in [2.75, 3.05) is 10.2 Å². The summed E-state index contributed by atoms with van der Waals surface area (Å²) in [7, 11) is 0. The lowest BCUT2D eigenvalue weighted by Gasteiger charge is -2.38. The van der Waals surface area contributed by atoms with Gasteiger partial charge in [0.15, 0.2) is 0 Å². The zero-order valence-corrected chi connectivity index (χ0v) is 38.2. The van der Waals surface area contributed by atoms with Crippen molar-refractivity contribution < 1.29 is 0 Å². The van der Waals surface area contributed by atoms with Crippen molar-refractivity contribution in [2.24, 2.45) is 5.41 Å². The van der Waals surface area contributed by atoms with Crippen molar-refractivity contribution >= 4 is 28.3 Å². The van der Waals surface area contributed by atoms with Gasteiger partial charge in [-0.15, -0.1) is 0 Å². The third-order valence-corrected chi connectivity index (χ3v) is 14.6. The summed E-state index contributed by atoms with van der Waals surface area (Å²) in [5.74, 6) is 0. The van der Waals surface area contributed by atoms with Crippen LogP contribution in [-0.4, -0.2) is 0 Å². The monoisotopic (exact) mass is 793 g/mol. The van der Waals surface area contributed by atoms with Gasteiger partial charge in [-0.05, 0) is 134 Å². The van der Waals surface area contributed by atoms with Crippen molar-refractivity contribution in [1.82, 2.24) is 0 Å². The summed E-state index contributed by atoms with van der Waals surface area (Å²) in [6.45, 7) is 12.1. The van der Waals surface area contributed by atoms with E-state index >= 15 is 0 Å². The quantitative estimate of drug-likeness (QED) is 0.0815. The topological polar surface area (TPSA) is 15.3 Å². The molecule has 318 valence electrons. The Bertz CT molecular complexity index is 1830. The summed E-state index contributed by atoms with van der Waals surface area (Å²) in [6.07, 6.45) is 41.2. The number of allylic oxidation sites excluding steroid dienone is 8. The maximum atomic E-state index is 3.61. The molecule has 6 rings (SSSR count). The summed E-state index contributed by atoms with van der Waals surface area (Å²) in [4.78, 5) is 2.58. The third kappa shape index (κ3) is 11.3. The Hall–Kier alpha value is -3.78. The van der Waals surface area contributed by atoms with Crippen LogP contribution in [0.5, 0.6) is 0 Å². The average Bonchev–Trinajstić information content (AvgIpc) is 3.54. The lowest BCUT2D eigenvalue weighted by Crippen LogP contribution is -2.29. The van der Waals surface area contributed by atoms with Gasteiger partial charge in [0.25, 0.3) is 0 Å². The van der Waals surface area contributed by atoms with E-state index in [-0.39, 0.29) is 10.8 Å². The minimum Gasteiger partial charge on any atom is -0.356 e. The van der Waals surface area contributed by atoms with E-state index in [1.165, 1.54) is 158 Å². The predicted molar refractivity (Wildman–Crippen MR) is 260 cm³/mol. The van der Waals surface area contributed by atoms with Gasteiger partial charge in [-0.2, -0.15) is 0 Å². The number of nitrogens with zero attached hydrogens (tertiary/aromatic N) is 1. The number of benzene rings is 3. The molecular weight excluding hydrogens is 713 g/mol. The normalized spacial score (nSPS) is 15.8. The molecule has 3 aromatic carbocycles. The number of anilines is 4. The molecule has 0 unspecified atom stereocenters. The molecule has 0 radical (unpaired) electrons. The van der Waals surface area contributed by atoms with Crippen LogP contribution in [0.3, 0.4) is 0 Å². The molecule has 0 bridgehead atoms. The minimum absolute atomic E-state index is 0.0785. The molecule has 2 heteroatoms. The van der Waals surface area contributed by atoms with Crippen LogP contribution >= 0.6 is 0 Å². The van der Waals surface area contributed by atoms with Crippen LogP contribution in [0.2, 0.25) is 0 Å². The second kappa shape index (κ2) is 22.7. The van der Waals surface area contributed by atoms with Crippen molar-refractivity contribution in [3.8, 4) is 0 Å². The van der Waals surface area contributed by atoms with E-state index in [0.717, 1.165) is 24.2 Å². The Morgan fingerprint density at radius 1 is 0.610 bits per heavy atom. The number of hydrogen-bond donors (Lipinski definition) is 1. The summed E-state index contributed by atoms with van der Waals surface area (Å²) in [5.41, 5.74) is 14.8. The highest BCUT2D eigenvalue weighted by Crippen LogP contribution is 2.58. The first kappa shape index (κ1) is 44.8. The van der Waals surface area contributed by atoms with Crippen molar-refractivity contribution in [1.29, 1.82) is 0 Å². The largest absolute Gasteiger partial charge is 0.356 e. The van der Waals surface area contributed by atoms with E-state index in [4.69, 9.17) is 0 Å². The molecule has 0 saturated heterocycles. The molecule has 2 nitrogen and oxygen atoms in total. The Morgan fingerprint density at radius 3 is 1.76 bits per heavy atom. The molecule has 0 fully saturated rings. The molecule has 0 heterocycles. The van der Waals surface area contributed by atoms with Gasteiger partial charge in [-0.1, -0.05) is 185 Å². The highest BCUT2D eigenvalue weighted by Gasteiger charge is 2.45. The van der Waals surface area contributed by atoms with Gasteiger partial charge in [0.1, 0.15) is 0 Å². The van der Waals surface area contributed by atoms with Crippen LogP contribution in [0.25, 0.3) is 5.57 Å². The molecule has 0 aromatic heterocycles. The molecule has 0 aliphatic heterocycles. The summed E-state index contributed by atoms with van der Waals surface area (Å²) in [6, 6.07) is 27.4. The molecule has 0 amide bonds. The van der Waals surface area contributed by atoms with Crippen molar-refractivity contribution in [2.45, 2.75) is 194 Å². The van der Waals surface area contributed by atoms with Gasteiger partial charge < -0.3 is 10.2 Å². The highest BCUT2D eigenvalue weighted by atomic mass is 15.1. The summed E-state index contributed by atoms with van der Waals surface area (Å²) < 4.78 is 0. The fourth-order valence-electron chi connectivity index (χ4n) is 10.5. The molecular formula is C57H80N2. The van der Waals surface area contributed by atoms with Crippen LogP contribution < -0.4 is 10.2 Å². The molecule has 3 aromatic rings. The lowest BCUT2D eigenvalue weighted by atomic mass is 9.66. The SMILES string of the molecule is CCCCCCCCCCC1(CCCCCCCCCC)C2=C(CCC(C(C)(CC)CC)=C2)c2ccc(N(C3=CC=CCC3)c3ccc(Nc4ccccc4)cc3)cc21. The highest BCUT2D eigenvalue weighted by molar-refractivity contribution is 5.86. The fraction of sp³-hybridized carbons (Fsp3) is 0.544. The maximum absolute atomic E-state index is 3.61. The van der Waals surface area contributed by atoms with Gasteiger partial charge in [0.2, 0.25) is 0 Å². The van der Waals surface area contributed by atoms with Gasteiger partial charge in [-0.25, -0.2) is 0 Å². The van der Waals surface area contributed by atoms with E-state index in [1.54, 1.807) is 27.8 Å². The van der Waals surface area contributed by atoms with Gasteiger partial charge in [0.05, 0.1) is 0 Å². The summed E-state index contributed by atoms with van der Waals surface area (Å²) >= 11 is 0. The van der Waals surface area contributed by atoms with Crippen molar-refractivity contribution in [3.05, 3.63) is 125 Å². The Labute approximate surface area is 361 Å². The van der Waals surface area contributed by atoms with E-state index in [1.807, 2.05) is 0 Å². The number of hydrogen-bond acceptors (Lipinski definition) is 2. The molecule has 59 heavy (non-hydrogen) atoms. The van der Waals surface area contributed by atoms with Crippen molar-refractivity contribution in [3.63, 3.8) is 0 Å². The van der Waals surface area contributed by atoms with E-state index in [0.29, 0.717) is 0 Å². The van der Waals surface area contributed by atoms with Gasteiger partial charge >= 0.3 is 0 Å². The van der Waals surface area contributed by atoms with Crippen LogP contribution in [0.4, 0.5) is 22.7 Å². The average molecular weight is 793 g/mol. The second-order valence-electron chi connectivity index (χ2n) is 18.6. The first-order chi connectivity index (χ1) is 29.0. The number of rotatable bonds is 26. The van der Waals surface area contributed by atoms with Crippen LogP contribution in [0, 0.1) is 5.41 Å². The van der Waals surface area contributed by atoms with E-state index in [9.17, 15) is 0 Å². The van der Waals surface area contributed by atoms with Gasteiger partial charge in [0, 0.05) is 33.9 Å². The van der Waals surface area contributed by atoms with Crippen LogP contribution in [0.1, 0.15) is 200 Å². The fourth-order valence-corrected chi connectivity index (χ4v) is 10.5. The molecule has 0 atom stereocenters. The molecule has 0 saturated carbocycles. The number of nitrogens with one attached hydrogen (secondary N) is 1. The zero-order valence-electron chi connectivity index (χ0n) is 38.2. The number of unbranched alkanes of at least 4 members (excludes halogenated alkanes) is 14. The van der Waals surface area contributed by atoms with Crippen LogP contribution in [0.15, 0.2) is 114 Å². The molecule has 3 aliphatic rings. The first-order valence-corrected chi connectivity index (χ1v) is 24.6. The minimum atomic E-state index is 0.0785. The third-order valence-electron chi connectivity index (χ3n) is 14.6. The van der Waals surface area contributed by atoms with Gasteiger partial charge in [-0.3, -0.25) is 0 Å². The summed E-state index contributed by atoms with van der Waals surface area (Å²) in [5, 5.41) is 3.61. The molecule has 3 aliphatic carbocycles. The maximum Gasteiger partial charge on any atom is 0.0461 e. The predicted octanol–water partition coefficient (Wildman–Crippen LogP) is 18.4. The lowest BCUT2D eigenvalue weighted by molar-refractivity contribution is 0.350. The first-order valence-electron chi connectivity index (χ1n) is 24.6. The number of fused-ring (bicyclic) bond motifs is 2. The Morgan fingerprint density at radius 2 is 1.19 bits per heavy atom. The van der Waals surface area contributed by atoms with Crippen LogP contribution in [-0.2, 0) is 5.41 Å². The second-order valence-corrected chi connectivity index (χ2v) is 18.6. The Balaban J connectivity index is 1.38. The smallest absolute Gasteiger partial charge is 0.0461 e. The molecule has 0 spiro atoms. The van der Waals surface area contributed by atoms with E-state index in [2.05, 4.69) is 142 Å². The van der Waals surface area contributed by atoms with E-state index < -0.39 is 0 Å². The standard InChI is InChI=1S/C57H80N2/c1-6-10-12-14-16-18-20-28-42-57(43-29-21-19-17-15-13-11-7-2)54-44-46(56(5,8-3)9-4)34-40-52(54)53-41-39-51(45-55(53)57)59(49-32-26-23-27-33-49)50-37-35-48(36-38-50)58-47-30-24-22-25-31-47/h22-26,30-32,35-39,41,44-45,58H,6-21,27-29,33-34,40,42-43H2,1-5H3. The Kier molecular flexibility index (Phi) is 17.2. The zero-order chi connectivity index (χ0) is 41.3. The molecule has 1 N–H and O–H groups in total.